The monoisotopic (exact) mass is 263 g/mol. The van der Waals surface area contributed by atoms with Gasteiger partial charge in [-0.15, -0.1) is 0 Å². The number of nitrogens with one attached hydrogen (secondary N) is 1. The van der Waals surface area contributed by atoms with E-state index in [9.17, 15) is 0 Å². The first kappa shape index (κ1) is 16.1. The summed E-state index contributed by atoms with van der Waals surface area (Å²) in [5.74, 6) is 0. The molecule has 1 atom stereocenters. The number of nitrogens with zero attached hydrogens (tertiary/aromatic N) is 2. The van der Waals surface area contributed by atoms with Gasteiger partial charge < -0.3 is 5.32 Å². The summed E-state index contributed by atoms with van der Waals surface area (Å²) in [6.45, 7) is 10.8. The lowest BCUT2D eigenvalue weighted by Crippen LogP contribution is -2.30. The molecule has 0 aromatic carbocycles. The Labute approximate surface area is 118 Å². The van der Waals surface area contributed by atoms with Gasteiger partial charge >= 0.3 is 0 Å². The zero-order valence-electron chi connectivity index (χ0n) is 13.1. The number of hydrogen-bond acceptors (Lipinski definition) is 3. The first-order chi connectivity index (χ1) is 8.99. The molecule has 0 fully saturated rings. The second-order valence-electron chi connectivity index (χ2n) is 5.79. The summed E-state index contributed by atoms with van der Waals surface area (Å²) in [6.07, 6.45) is 2.45. The van der Waals surface area contributed by atoms with Gasteiger partial charge in [-0.3, -0.25) is 9.88 Å². The van der Waals surface area contributed by atoms with Crippen LogP contribution in [0.1, 0.15) is 45.0 Å². The fourth-order valence-electron chi connectivity index (χ4n) is 2.11. The zero-order chi connectivity index (χ0) is 14.3. The van der Waals surface area contributed by atoms with Gasteiger partial charge in [-0.2, -0.15) is 0 Å². The van der Waals surface area contributed by atoms with Crippen LogP contribution in [-0.2, 0) is 6.54 Å². The second kappa shape index (κ2) is 8.28. The van der Waals surface area contributed by atoms with E-state index in [-0.39, 0.29) is 0 Å². The Morgan fingerprint density at radius 3 is 2.63 bits per heavy atom. The van der Waals surface area contributed by atoms with Crippen LogP contribution in [0, 0.1) is 6.92 Å². The molecule has 1 aromatic rings. The van der Waals surface area contributed by atoms with Crippen LogP contribution in [0.4, 0.5) is 0 Å². The van der Waals surface area contributed by atoms with Gasteiger partial charge in [0.1, 0.15) is 0 Å². The Morgan fingerprint density at radius 1 is 1.26 bits per heavy atom. The van der Waals surface area contributed by atoms with Gasteiger partial charge in [0.2, 0.25) is 0 Å². The first-order valence-corrected chi connectivity index (χ1v) is 7.35. The third-order valence-corrected chi connectivity index (χ3v) is 3.46. The number of rotatable bonds is 8. The van der Waals surface area contributed by atoms with Crippen LogP contribution in [0.3, 0.4) is 0 Å². The molecule has 1 unspecified atom stereocenters. The molecule has 3 nitrogen and oxygen atoms in total. The summed E-state index contributed by atoms with van der Waals surface area (Å²) in [7, 11) is 2.19. The van der Waals surface area contributed by atoms with Gasteiger partial charge in [0.15, 0.2) is 0 Å². The molecule has 0 saturated heterocycles. The van der Waals surface area contributed by atoms with Crippen molar-refractivity contribution in [2.24, 2.45) is 0 Å². The molecule has 1 aromatic heterocycles. The van der Waals surface area contributed by atoms with Crippen LogP contribution >= 0.6 is 0 Å². The minimum absolute atomic E-state index is 0.588. The van der Waals surface area contributed by atoms with Gasteiger partial charge in [0.05, 0.1) is 5.69 Å². The average molecular weight is 263 g/mol. The van der Waals surface area contributed by atoms with Gasteiger partial charge in [-0.1, -0.05) is 19.9 Å². The molecule has 1 rings (SSSR count). The normalized spacial score (nSPS) is 13.2. The maximum atomic E-state index is 4.56. The van der Waals surface area contributed by atoms with Crippen LogP contribution in [0.5, 0.6) is 0 Å². The molecule has 0 radical (unpaired) electrons. The number of pyridine rings is 1. The molecule has 0 aliphatic carbocycles. The summed E-state index contributed by atoms with van der Waals surface area (Å²) in [6, 6.07) is 7.42. The fourth-order valence-corrected chi connectivity index (χ4v) is 2.11. The van der Waals surface area contributed by atoms with E-state index < -0.39 is 0 Å². The fraction of sp³-hybridized carbons (Fsp3) is 0.688. The predicted octanol–water partition coefficient (Wildman–Crippen LogP) is 2.99. The molecule has 0 amide bonds. The molecule has 0 bridgehead atoms. The van der Waals surface area contributed by atoms with Crippen molar-refractivity contribution in [2.75, 3.05) is 13.6 Å². The largest absolute Gasteiger partial charge is 0.315 e. The quantitative estimate of drug-likeness (QED) is 0.731. The SMILES string of the molecule is Cc1cccc(CN(C)C(C)CCCNC(C)C)n1. The standard InChI is InChI=1S/C16H29N3/c1-13(2)17-11-7-9-15(4)19(5)12-16-10-6-8-14(3)18-16/h6,8,10,13,15,17H,7,9,11-12H2,1-5H3. The van der Waals surface area contributed by atoms with E-state index in [1.54, 1.807) is 0 Å². The third-order valence-electron chi connectivity index (χ3n) is 3.46. The van der Waals surface area contributed by atoms with Crippen molar-refractivity contribution in [1.82, 2.24) is 15.2 Å². The van der Waals surface area contributed by atoms with E-state index in [4.69, 9.17) is 0 Å². The van der Waals surface area contributed by atoms with E-state index in [0.717, 1.165) is 24.5 Å². The van der Waals surface area contributed by atoms with Crippen molar-refractivity contribution in [3.05, 3.63) is 29.6 Å². The highest BCUT2D eigenvalue weighted by molar-refractivity contribution is 5.09. The Bertz CT molecular complexity index is 363. The molecule has 3 heteroatoms. The van der Waals surface area contributed by atoms with Crippen molar-refractivity contribution >= 4 is 0 Å². The van der Waals surface area contributed by atoms with Gasteiger partial charge in [0, 0.05) is 24.3 Å². The summed E-state index contributed by atoms with van der Waals surface area (Å²) >= 11 is 0. The van der Waals surface area contributed by atoms with Crippen LogP contribution in [0.25, 0.3) is 0 Å². The summed E-state index contributed by atoms with van der Waals surface area (Å²) in [5.41, 5.74) is 2.26. The van der Waals surface area contributed by atoms with E-state index in [1.165, 1.54) is 12.8 Å². The second-order valence-corrected chi connectivity index (χ2v) is 5.79. The topological polar surface area (TPSA) is 28.2 Å². The smallest absolute Gasteiger partial charge is 0.0547 e. The highest BCUT2D eigenvalue weighted by Gasteiger charge is 2.10. The van der Waals surface area contributed by atoms with Gasteiger partial charge in [0.25, 0.3) is 0 Å². The molecule has 0 aliphatic rings. The predicted molar refractivity (Wildman–Crippen MR) is 82.3 cm³/mol. The van der Waals surface area contributed by atoms with E-state index >= 15 is 0 Å². The zero-order valence-corrected chi connectivity index (χ0v) is 13.1. The first-order valence-electron chi connectivity index (χ1n) is 7.35. The molecule has 108 valence electrons. The number of hydrogen-bond donors (Lipinski definition) is 1. The van der Waals surface area contributed by atoms with E-state index in [1.807, 2.05) is 13.0 Å². The Morgan fingerprint density at radius 2 is 2.00 bits per heavy atom. The molecular weight excluding hydrogens is 234 g/mol. The summed E-state index contributed by atoms with van der Waals surface area (Å²) in [5, 5.41) is 3.47. The maximum absolute atomic E-state index is 4.56. The molecule has 19 heavy (non-hydrogen) atoms. The number of aromatic nitrogens is 1. The van der Waals surface area contributed by atoms with Crippen LogP contribution in [0.2, 0.25) is 0 Å². The van der Waals surface area contributed by atoms with Crippen molar-refractivity contribution < 1.29 is 0 Å². The molecule has 1 heterocycles. The van der Waals surface area contributed by atoms with Crippen molar-refractivity contribution in [2.45, 2.75) is 59.2 Å². The minimum Gasteiger partial charge on any atom is -0.315 e. The van der Waals surface area contributed by atoms with Crippen molar-refractivity contribution in [1.29, 1.82) is 0 Å². The lowest BCUT2D eigenvalue weighted by molar-refractivity contribution is 0.231. The van der Waals surface area contributed by atoms with E-state index in [2.05, 4.69) is 55.2 Å². The lowest BCUT2D eigenvalue weighted by Gasteiger charge is -2.24. The highest BCUT2D eigenvalue weighted by atomic mass is 15.1. The highest BCUT2D eigenvalue weighted by Crippen LogP contribution is 2.09. The molecule has 1 N–H and O–H groups in total. The molecular formula is C16H29N3. The van der Waals surface area contributed by atoms with Crippen molar-refractivity contribution in [3.63, 3.8) is 0 Å². The Kier molecular flexibility index (Phi) is 7.03. The molecule has 0 saturated carbocycles. The molecule has 0 aliphatic heterocycles. The van der Waals surface area contributed by atoms with Crippen LogP contribution < -0.4 is 5.32 Å². The van der Waals surface area contributed by atoms with Crippen LogP contribution in [-0.4, -0.2) is 35.6 Å². The summed E-state index contributed by atoms with van der Waals surface area (Å²) < 4.78 is 0. The van der Waals surface area contributed by atoms with E-state index in [0.29, 0.717) is 12.1 Å². The van der Waals surface area contributed by atoms with Crippen LogP contribution in [0.15, 0.2) is 18.2 Å². The van der Waals surface area contributed by atoms with Gasteiger partial charge in [-0.05, 0) is 52.4 Å². The molecule has 0 spiro atoms. The van der Waals surface area contributed by atoms with Crippen molar-refractivity contribution in [3.8, 4) is 0 Å². The summed E-state index contributed by atoms with van der Waals surface area (Å²) in [4.78, 5) is 6.95. The Hall–Kier alpha value is -0.930. The minimum atomic E-state index is 0.588. The number of aryl methyl sites for hydroxylation is 1. The average Bonchev–Trinajstić information content (AvgIpc) is 2.34. The third kappa shape index (κ3) is 6.69. The maximum Gasteiger partial charge on any atom is 0.0547 e. The van der Waals surface area contributed by atoms with Gasteiger partial charge in [-0.25, -0.2) is 0 Å². The Balaban J connectivity index is 2.30. The lowest BCUT2D eigenvalue weighted by atomic mass is 10.1.